The second-order valence-electron chi connectivity index (χ2n) is 7.48. The number of amides is 1. The number of alkyl halides is 1. The lowest BCUT2D eigenvalue weighted by Crippen LogP contribution is -2.47. The summed E-state index contributed by atoms with van der Waals surface area (Å²) >= 11 is 0. The van der Waals surface area contributed by atoms with Crippen molar-refractivity contribution in [3.05, 3.63) is 46.4 Å². The number of rotatable bonds is 3. The number of nitrogens with one attached hydrogen (secondary N) is 1. The van der Waals surface area contributed by atoms with E-state index in [1.54, 1.807) is 6.20 Å². The third-order valence-corrected chi connectivity index (χ3v) is 5.53. The standard InChI is InChI=1S/C20H21FN4O3/c1-11-4-14-16(7-23-20(14)26)24-19(11)25-3-2-18(15(21)8-25)28-13-5-12-9-27-10-17(12)22-6-13/h4-6,15,18H,2-3,7-10H2,1H3,(H,23,26)/t15-,18+/m0/s1. The van der Waals surface area contributed by atoms with E-state index in [1.165, 1.54) is 0 Å². The molecule has 146 valence electrons. The minimum atomic E-state index is -1.15. The first-order valence-electron chi connectivity index (χ1n) is 9.48. The largest absolute Gasteiger partial charge is 0.486 e. The van der Waals surface area contributed by atoms with Gasteiger partial charge in [0.05, 0.1) is 49.5 Å². The first kappa shape index (κ1) is 17.4. The number of aromatic nitrogens is 2. The molecule has 3 aliphatic rings. The molecular weight excluding hydrogens is 363 g/mol. The number of pyridine rings is 2. The van der Waals surface area contributed by atoms with Gasteiger partial charge in [0.2, 0.25) is 0 Å². The van der Waals surface area contributed by atoms with E-state index in [1.807, 2.05) is 24.0 Å². The van der Waals surface area contributed by atoms with Crippen LogP contribution in [0.3, 0.4) is 0 Å². The van der Waals surface area contributed by atoms with Crippen molar-refractivity contribution in [3.63, 3.8) is 0 Å². The first-order chi connectivity index (χ1) is 13.6. The molecule has 1 saturated heterocycles. The molecular formula is C20H21FN4O3. The SMILES string of the molecule is Cc1cc2c(nc1N1CC[C@@H](Oc3cnc4c(c3)COC4)[C@@H](F)C1)CNC2=O. The lowest BCUT2D eigenvalue weighted by Gasteiger charge is -2.36. The summed E-state index contributed by atoms with van der Waals surface area (Å²) in [6.07, 6.45) is 0.524. The summed E-state index contributed by atoms with van der Waals surface area (Å²) in [6, 6.07) is 3.73. The Hall–Kier alpha value is -2.74. The Morgan fingerprint density at radius 3 is 3.07 bits per heavy atom. The quantitative estimate of drug-likeness (QED) is 0.873. The Morgan fingerprint density at radius 2 is 2.21 bits per heavy atom. The second kappa shape index (κ2) is 6.70. The van der Waals surface area contributed by atoms with Crippen LogP contribution in [0.1, 0.15) is 39.3 Å². The molecule has 0 aromatic carbocycles. The van der Waals surface area contributed by atoms with Gasteiger partial charge in [0.25, 0.3) is 5.91 Å². The van der Waals surface area contributed by atoms with E-state index in [-0.39, 0.29) is 12.5 Å². The van der Waals surface area contributed by atoms with Crippen molar-refractivity contribution in [2.24, 2.45) is 0 Å². The Bertz CT molecular complexity index is 951. The van der Waals surface area contributed by atoms with Crippen LogP contribution in [0.2, 0.25) is 0 Å². The molecule has 5 heterocycles. The molecule has 0 saturated carbocycles. The van der Waals surface area contributed by atoms with Crippen LogP contribution in [0.5, 0.6) is 5.75 Å². The molecule has 1 amide bonds. The number of nitrogens with zero attached hydrogens (tertiary/aromatic N) is 3. The molecule has 2 aromatic heterocycles. The lowest BCUT2D eigenvalue weighted by atomic mass is 10.0. The van der Waals surface area contributed by atoms with Crippen LogP contribution < -0.4 is 15.0 Å². The molecule has 1 N–H and O–H groups in total. The minimum Gasteiger partial charge on any atom is -0.486 e. The number of ether oxygens (including phenoxy) is 2. The summed E-state index contributed by atoms with van der Waals surface area (Å²) in [7, 11) is 0. The normalized spacial score (nSPS) is 23.4. The lowest BCUT2D eigenvalue weighted by molar-refractivity contribution is 0.0814. The molecule has 0 unspecified atom stereocenters. The van der Waals surface area contributed by atoms with E-state index in [4.69, 9.17) is 9.47 Å². The molecule has 0 aliphatic carbocycles. The number of aryl methyl sites for hydroxylation is 1. The molecule has 0 radical (unpaired) electrons. The van der Waals surface area contributed by atoms with Gasteiger partial charge in [0.1, 0.15) is 17.7 Å². The highest BCUT2D eigenvalue weighted by Gasteiger charge is 2.33. The van der Waals surface area contributed by atoms with E-state index in [0.29, 0.717) is 44.0 Å². The molecule has 28 heavy (non-hydrogen) atoms. The number of halogens is 1. The van der Waals surface area contributed by atoms with Gasteiger partial charge < -0.3 is 19.7 Å². The summed E-state index contributed by atoms with van der Waals surface area (Å²) in [6.45, 7) is 4.23. The minimum absolute atomic E-state index is 0.0963. The van der Waals surface area contributed by atoms with Crippen molar-refractivity contribution in [2.75, 3.05) is 18.0 Å². The number of hydrogen-bond acceptors (Lipinski definition) is 6. The van der Waals surface area contributed by atoms with Gasteiger partial charge in [0, 0.05) is 18.5 Å². The van der Waals surface area contributed by atoms with E-state index in [0.717, 1.165) is 28.3 Å². The topological polar surface area (TPSA) is 76.6 Å². The zero-order valence-electron chi connectivity index (χ0n) is 15.6. The Labute approximate surface area is 161 Å². The summed E-state index contributed by atoms with van der Waals surface area (Å²) in [5, 5.41) is 2.77. The van der Waals surface area contributed by atoms with Crippen molar-refractivity contribution in [2.45, 2.75) is 45.4 Å². The Kier molecular flexibility index (Phi) is 4.16. The molecule has 5 rings (SSSR count). The molecule has 3 aliphatic heterocycles. The summed E-state index contributed by atoms with van der Waals surface area (Å²) < 4.78 is 26.2. The number of hydrogen-bond donors (Lipinski definition) is 1. The Morgan fingerprint density at radius 1 is 1.32 bits per heavy atom. The van der Waals surface area contributed by atoms with Crippen molar-refractivity contribution in [3.8, 4) is 5.75 Å². The maximum absolute atomic E-state index is 14.9. The molecule has 0 spiro atoms. The third-order valence-electron chi connectivity index (χ3n) is 5.53. The average molecular weight is 384 g/mol. The molecule has 8 heteroatoms. The van der Waals surface area contributed by atoms with Crippen LogP contribution in [0.4, 0.5) is 10.2 Å². The number of carbonyl (C=O) groups excluding carboxylic acids is 1. The molecule has 0 bridgehead atoms. The van der Waals surface area contributed by atoms with Gasteiger partial charge in [-0.3, -0.25) is 9.78 Å². The highest BCUT2D eigenvalue weighted by Crippen LogP contribution is 2.29. The average Bonchev–Trinajstić information content (AvgIpc) is 3.29. The number of carbonyl (C=O) groups is 1. The zero-order chi connectivity index (χ0) is 19.3. The predicted molar refractivity (Wildman–Crippen MR) is 99.0 cm³/mol. The van der Waals surface area contributed by atoms with Gasteiger partial charge in [-0.05, 0) is 24.6 Å². The van der Waals surface area contributed by atoms with E-state index < -0.39 is 12.3 Å². The fraction of sp³-hybridized carbons (Fsp3) is 0.450. The third kappa shape index (κ3) is 2.97. The highest BCUT2D eigenvalue weighted by molar-refractivity contribution is 5.98. The van der Waals surface area contributed by atoms with Gasteiger partial charge >= 0.3 is 0 Å². The van der Waals surface area contributed by atoms with Crippen molar-refractivity contribution >= 4 is 11.7 Å². The van der Waals surface area contributed by atoms with Crippen LogP contribution in [0.25, 0.3) is 0 Å². The van der Waals surface area contributed by atoms with Crippen LogP contribution >= 0.6 is 0 Å². The molecule has 2 aromatic rings. The summed E-state index contributed by atoms with van der Waals surface area (Å²) in [4.78, 5) is 22.7. The van der Waals surface area contributed by atoms with Crippen molar-refractivity contribution in [1.82, 2.24) is 15.3 Å². The smallest absolute Gasteiger partial charge is 0.253 e. The van der Waals surface area contributed by atoms with Gasteiger partial charge in [-0.2, -0.15) is 0 Å². The highest BCUT2D eigenvalue weighted by atomic mass is 19.1. The van der Waals surface area contributed by atoms with E-state index in [9.17, 15) is 9.18 Å². The van der Waals surface area contributed by atoms with Gasteiger partial charge in [-0.15, -0.1) is 0 Å². The van der Waals surface area contributed by atoms with Crippen molar-refractivity contribution in [1.29, 1.82) is 0 Å². The fourth-order valence-electron chi connectivity index (χ4n) is 4.03. The van der Waals surface area contributed by atoms with Crippen LogP contribution in [0, 0.1) is 6.92 Å². The van der Waals surface area contributed by atoms with Gasteiger partial charge in [0.15, 0.2) is 6.17 Å². The van der Waals surface area contributed by atoms with Crippen LogP contribution in [0.15, 0.2) is 18.3 Å². The van der Waals surface area contributed by atoms with Crippen molar-refractivity contribution < 1.29 is 18.7 Å². The van der Waals surface area contributed by atoms with E-state index >= 15 is 0 Å². The number of piperidine rings is 1. The van der Waals surface area contributed by atoms with Gasteiger partial charge in [-0.1, -0.05) is 0 Å². The maximum Gasteiger partial charge on any atom is 0.253 e. The molecule has 7 nitrogen and oxygen atoms in total. The second-order valence-corrected chi connectivity index (χ2v) is 7.48. The maximum atomic E-state index is 14.9. The monoisotopic (exact) mass is 384 g/mol. The van der Waals surface area contributed by atoms with Crippen LogP contribution in [-0.2, 0) is 24.5 Å². The fourth-order valence-corrected chi connectivity index (χ4v) is 4.03. The van der Waals surface area contributed by atoms with E-state index in [2.05, 4.69) is 15.3 Å². The van der Waals surface area contributed by atoms with Crippen LogP contribution in [-0.4, -0.2) is 41.2 Å². The zero-order valence-corrected chi connectivity index (χ0v) is 15.6. The molecule has 1 fully saturated rings. The number of fused-ring (bicyclic) bond motifs is 2. The number of anilines is 1. The summed E-state index contributed by atoms with van der Waals surface area (Å²) in [5.74, 6) is 1.23. The Balaban J connectivity index is 1.29. The predicted octanol–water partition coefficient (Wildman–Crippen LogP) is 2.05. The molecule has 2 atom stereocenters. The van der Waals surface area contributed by atoms with Gasteiger partial charge in [-0.25, -0.2) is 9.37 Å². The summed E-state index contributed by atoms with van der Waals surface area (Å²) in [5.41, 5.74) is 4.15. The first-order valence-corrected chi connectivity index (χ1v) is 9.48.